The van der Waals surface area contributed by atoms with Crippen LogP contribution in [0.5, 0.6) is 0 Å². The number of aryl methyl sites for hydroxylation is 1. The van der Waals surface area contributed by atoms with Gasteiger partial charge in [-0.15, -0.1) is 11.3 Å². The molecule has 8 heteroatoms. The van der Waals surface area contributed by atoms with Crippen molar-refractivity contribution in [1.29, 1.82) is 0 Å². The van der Waals surface area contributed by atoms with Gasteiger partial charge in [0.1, 0.15) is 17.0 Å². The normalized spacial score (nSPS) is 11.7. The number of fused-ring (bicyclic) bond motifs is 1. The maximum Gasteiger partial charge on any atom is 0.240 e. The number of sulfonamides is 1. The quantitative estimate of drug-likeness (QED) is 0.740. The van der Waals surface area contributed by atoms with Gasteiger partial charge in [-0.3, -0.25) is 0 Å². The third-order valence-corrected chi connectivity index (χ3v) is 5.76. The molecule has 6 nitrogen and oxygen atoms in total. The van der Waals surface area contributed by atoms with Gasteiger partial charge in [0.2, 0.25) is 10.0 Å². The van der Waals surface area contributed by atoms with Gasteiger partial charge >= 0.3 is 0 Å². The highest BCUT2D eigenvalue weighted by molar-refractivity contribution is 7.89. The average Bonchev–Trinajstić information content (AvgIpc) is 2.94. The molecule has 2 N–H and O–H groups in total. The van der Waals surface area contributed by atoms with E-state index in [2.05, 4.69) is 20.0 Å². The predicted octanol–water partition coefficient (Wildman–Crippen LogP) is 2.52. The van der Waals surface area contributed by atoms with Gasteiger partial charge in [-0.2, -0.15) is 0 Å². The Bertz CT molecular complexity index is 951. The first-order valence-corrected chi connectivity index (χ1v) is 9.27. The van der Waals surface area contributed by atoms with E-state index >= 15 is 0 Å². The molecule has 2 heterocycles. The summed E-state index contributed by atoms with van der Waals surface area (Å²) in [7, 11) is -2.04. The van der Waals surface area contributed by atoms with E-state index < -0.39 is 10.0 Å². The first-order chi connectivity index (χ1) is 11.0. The molecular formula is C15H16N4O2S2. The Morgan fingerprint density at radius 3 is 2.83 bits per heavy atom. The molecule has 0 atom stereocenters. The molecule has 3 rings (SSSR count). The van der Waals surface area contributed by atoms with Gasteiger partial charge in [-0.25, -0.2) is 23.1 Å². The standard InChI is InChI=1S/C15H16N4O2S2/c1-10-6-13-14(18-9-19-15(13)22-10)17-8-11-4-3-5-12(7-11)23(20,21)16-2/h3-7,9,16H,8H2,1-2H3,(H,17,18,19). The minimum atomic E-state index is -3.44. The van der Waals surface area contributed by atoms with E-state index in [-0.39, 0.29) is 4.90 Å². The molecule has 0 amide bonds. The van der Waals surface area contributed by atoms with E-state index in [1.165, 1.54) is 18.3 Å². The summed E-state index contributed by atoms with van der Waals surface area (Å²) in [5, 5.41) is 4.23. The van der Waals surface area contributed by atoms with Crippen LogP contribution in [-0.2, 0) is 16.6 Å². The monoisotopic (exact) mass is 348 g/mol. The Kier molecular flexibility index (Phi) is 4.29. The molecule has 0 spiro atoms. The zero-order valence-electron chi connectivity index (χ0n) is 12.7. The fraction of sp³-hybridized carbons (Fsp3) is 0.200. The predicted molar refractivity (Wildman–Crippen MR) is 92.2 cm³/mol. The second-order valence-electron chi connectivity index (χ2n) is 5.01. The first-order valence-electron chi connectivity index (χ1n) is 6.97. The molecule has 0 saturated carbocycles. The van der Waals surface area contributed by atoms with Crippen molar-refractivity contribution in [2.24, 2.45) is 0 Å². The van der Waals surface area contributed by atoms with Crippen molar-refractivity contribution in [3.05, 3.63) is 47.1 Å². The lowest BCUT2D eigenvalue weighted by molar-refractivity contribution is 0.588. The molecule has 120 valence electrons. The van der Waals surface area contributed by atoms with Gasteiger partial charge in [0, 0.05) is 11.4 Å². The molecule has 0 fully saturated rings. The van der Waals surface area contributed by atoms with Crippen LogP contribution in [0.15, 0.2) is 41.6 Å². The van der Waals surface area contributed by atoms with Gasteiger partial charge in [0.25, 0.3) is 0 Å². The molecule has 0 aliphatic carbocycles. The summed E-state index contributed by atoms with van der Waals surface area (Å²) < 4.78 is 26.0. The van der Waals surface area contributed by atoms with E-state index in [9.17, 15) is 8.42 Å². The summed E-state index contributed by atoms with van der Waals surface area (Å²) in [6.45, 7) is 2.51. The second kappa shape index (κ2) is 6.23. The molecular weight excluding hydrogens is 332 g/mol. The first kappa shape index (κ1) is 15.9. The lowest BCUT2D eigenvalue weighted by Crippen LogP contribution is -2.18. The summed E-state index contributed by atoms with van der Waals surface area (Å²) >= 11 is 1.62. The summed E-state index contributed by atoms with van der Waals surface area (Å²) in [6, 6.07) is 8.87. The third-order valence-electron chi connectivity index (χ3n) is 3.39. The smallest absolute Gasteiger partial charge is 0.240 e. The molecule has 3 aromatic rings. The Morgan fingerprint density at radius 2 is 2.04 bits per heavy atom. The fourth-order valence-corrected chi connectivity index (χ4v) is 3.89. The van der Waals surface area contributed by atoms with E-state index in [4.69, 9.17) is 0 Å². The van der Waals surface area contributed by atoms with Crippen LogP contribution in [0, 0.1) is 6.92 Å². The second-order valence-corrected chi connectivity index (χ2v) is 8.13. The van der Waals surface area contributed by atoms with Crippen molar-refractivity contribution in [3.8, 4) is 0 Å². The molecule has 0 aliphatic heterocycles. The van der Waals surface area contributed by atoms with Crippen LogP contribution in [0.1, 0.15) is 10.4 Å². The van der Waals surface area contributed by atoms with Gasteiger partial charge in [0.15, 0.2) is 0 Å². The number of aromatic nitrogens is 2. The van der Waals surface area contributed by atoms with Crippen molar-refractivity contribution < 1.29 is 8.42 Å². The highest BCUT2D eigenvalue weighted by Gasteiger charge is 2.12. The largest absolute Gasteiger partial charge is 0.365 e. The zero-order chi connectivity index (χ0) is 16.4. The summed E-state index contributed by atoms with van der Waals surface area (Å²) in [6.07, 6.45) is 1.53. The van der Waals surface area contributed by atoms with Crippen LogP contribution in [0.4, 0.5) is 5.82 Å². The fourth-order valence-electron chi connectivity index (χ4n) is 2.24. The number of rotatable bonds is 5. The van der Waals surface area contributed by atoms with Crippen LogP contribution in [0.25, 0.3) is 10.2 Å². The summed E-state index contributed by atoms with van der Waals surface area (Å²) in [4.78, 5) is 10.9. The molecule has 0 saturated heterocycles. The van der Waals surface area contributed by atoms with Crippen molar-refractivity contribution in [3.63, 3.8) is 0 Å². The lowest BCUT2D eigenvalue weighted by Gasteiger charge is -2.08. The number of thiophene rings is 1. The molecule has 0 unspecified atom stereocenters. The van der Waals surface area contributed by atoms with Crippen LogP contribution >= 0.6 is 11.3 Å². The number of nitrogens with one attached hydrogen (secondary N) is 2. The van der Waals surface area contributed by atoms with Gasteiger partial charge < -0.3 is 5.32 Å². The molecule has 0 radical (unpaired) electrons. The number of benzene rings is 1. The average molecular weight is 348 g/mol. The molecule has 0 aliphatic rings. The number of hydrogen-bond donors (Lipinski definition) is 2. The molecule has 0 bridgehead atoms. The van der Waals surface area contributed by atoms with Crippen LogP contribution in [0.3, 0.4) is 0 Å². The minimum absolute atomic E-state index is 0.249. The van der Waals surface area contributed by atoms with Crippen molar-refractivity contribution in [1.82, 2.24) is 14.7 Å². The number of hydrogen-bond acceptors (Lipinski definition) is 6. The topological polar surface area (TPSA) is 84.0 Å². The van der Waals surface area contributed by atoms with Crippen LogP contribution in [-0.4, -0.2) is 25.4 Å². The lowest BCUT2D eigenvalue weighted by atomic mass is 10.2. The van der Waals surface area contributed by atoms with Crippen LogP contribution < -0.4 is 10.0 Å². The van der Waals surface area contributed by atoms with E-state index in [1.54, 1.807) is 29.5 Å². The van der Waals surface area contributed by atoms with Gasteiger partial charge in [-0.05, 0) is 37.7 Å². The van der Waals surface area contributed by atoms with Crippen molar-refractivity contribution in [2.75, 3.05) is 12.4 Å². The molecule has 23 heavy (non-hydrogen) atoms. The van der Waals surface area contributed by atoms with E-state index in [1.807, 2.05) is 19.1 Å². The van der Waals surface area contributed by atoms with Crippen molar-refractivity contribution >= 4 is 37.4 Å². The molecule has 1 aromatic carbocycles. The maximum atomic E-state index is 11.9. The highest BCUT2D eigenvalue weighted by atomic mass is 32.2. The van der Waals surface area contributed by atoms with Gasteiger partial charge in [-0.1, -0.05) is 12.1 Å². The maximum absolute atomic E-state index is 11.9. The Balaban J connectivity index is 1.84. The van der Waals surface area contributed by atoms with E-state index in [0.717, 1.165) is 21.6 Å². The highest BCUT2D eigenvalue weighted by Crippen LogP contribution is 2.27. The third kappa shape index (κ3) is 3.34. The number of anilines is 1. The minimum Gasteiger partial charge on any atom is -0.365 e. The summed E-state index contributed by atoms with van der Waals surface area (Å²) in [5.74, 6) is 0.751. The number of nitrogens with zero attached hydrogens (tertiary/aromatic N) is 2. The van der Waals surface area contributed by atoms with E-state index in [0.29, 0.717) is 6.54 Å². The zero-order valence-corrected chi connectivity index (χ0v) is 14.3. The Morgan fingerprint density at radius 1 is 1.22 bits per heavy atom. The Hall–Kier alpha value is -2.03. The Labute approximate surface area is 138 Å². The molecule has 2 aromatic heterocycles. The van der Waals surface area contributed by atoms with Gasteiger partial charge in [0.05, 0.1) is 10.3 Å². The van der Waals surface area contributed by atoms with Crippen LogP contribution in [0.2, 0.25) is 0 Å². The van der Waals surface area contributed by atoms with Crippen molar-refractivity contribution in [2.45, 2.75) is 18.4 Å². The SMILES string of the molecule is CNS(=O)(=O)c1cccc(CNc2ncnc3sc(C)cc23)c1. The summed E-state index contributed by atoms with van der Waals surface area (Å²) in [5.41, 5.74) is 0.861.